The highest BCUT2D eigenvalue weighted by atomic mass is 16.4. The molecule has 6 nitrogen and oxygen atoms in total. The van der Waals surface area contributed by atoms with Crippen LogP contribution in [-0.4, -0.2) is 44.5 Å². The molecule has 1 amide bonds. The van der Waals surface area contributed by atoms with Gasteiger partial charge in [0.2, 0.25) is 5.91 Å². The summed E-state index contributed by atoms with van der Waals surface area (Å²) >= 11 is 0. The summed E-state index contributed by atoms with van der Waals surface area (Å²) in [7, 11) is 0. The first kappa shape index (κ1) is 13.6. The van der Waals surface area contributed by atoms with Crippen LogP contribution in [-0.2, 0) is 16.1 Å². The Morgan fingerprint density at radius 3 is 2.86 bits per heavy atom. The summed E-state index contributed by atoms with van der Waals surface area (Å²) in [5, 5.41) is 9.00. The number of imidazole rings is 1. The molecule has 1 aromatic heterocycles. The largest absolute Gasteiger partial charge is 0.481 e. The monoisotopic (exact) mass is 287 g/mol. The van der Waals surface area contributed by atoms with Crippen molar-refractivity contribution >= 4 is 22.9 Å². The van der Waals surface area contributed by atoms with Crippen LogP contribution in [0, 0.1) is 12.8 Å². The van der Waals surface area contributed by atoms with Gasteiger partial charge in [-0.25, -0.2) is 4.98 Å². The van der Waals surface area contributed by atoms with Gasteiger partial charge in [0, 0.05) is 13.1 Å². The van der Waals surface area contributed by atoms with Gasteiger partial charge < -0.3 is 14.6 Å². The summed E-state index contributed by atoms with van der Waals surface area (Å²) in [6.45, 7) is 2.90. The van der Waals surface area contributed by atoms with Crippen molar-refractivity contribution in [1.29, 1.82) is 0 Å². The van der Waals surface area contributed by atoms with Crippen LogP contribution in [0.3, 0.4) is 0 Å². The maximum Gasteiger partial charge on any atom is 0.308 e. The average Bonchev–Trinajstić information content (AvgIpc) is 3.05. The summed E-state index contributed by atoms with van der Waals surface area (Å²) in [5.41, 5.74) is 1.80. The molecule has 1 fully saturated rings. The fourth-order valence-electron chi connectivity index (χ4n) is 2.82. The molecule has 6 heteroatoms. The topological polar surface area (TPSA) is 75.4 Å². The Hall–Kier alpha value is -2.37. The van der Waals surface area contributed by atoms with E-state index in [-0.39, 0.29) is 12.5 Å². The number of nitrogens with zero attached hydrogens (tertiary/aromatic N) is 3. The number of fused-ring (bicyclic) bond motifs is 1. The van der Waals surface area contributed by atoms with E-state index in [1.54, 1.807) is 4.90 Å². The highest BCUT2D eigenvalue weighted by Gasteiger charge is 2.31. The lowest BCUT2D eigenvalue weighted by molar-refractivity contribution is -0.141. The van der Waals surface area contributed by atoms with Gasteiger partial charge in [-0.3, -0.25) is 9.59 Å². The maximum atomic E-state index is 12.4. The number of likely N-dealkylation sites (tertiary alicyclic amines) is 1. The number of para-hydroxylation sites is 2. The Bertz CT molecular complexity index is 707. The first-order valence-corrected chi connectivity index (χ1v) is 6.98. The van der Waals surface area contributed by atoms with E-state index in [1.807, 2.05) is 35.8 Å². The van der Waals surface area contributed by atoms with Gasteiger partial charge in [0.25, 0.3) is 0 Å². The summed E-state index contributed by atoms with van der Waals surface area (Å²) < 4.78 is 1.88. The second-order valence-electron chi connectivity index (χ2n) is 5.40. The molecule has 1 aromatic carbocycles. The molecular weight excluding hydrogens is 270 g/mol. The van der Waals surface area contributed by atoms with Crippen molar-refractivity contribution in [2.24, 2.45) is 5.92 Å². The van der Waals surface area contributed by atoms with Gasteiger partial charge in [-0.2, -0.15) is 0 Å². The van der Waals surface area contributed by atoms with Crippen LogP contribution in [0.4, 0.5) is 0 Å². The highest BCUT2D eigenvalue weighted by molar-refractivity contribution is 5.82. The van der Waals surface area contributed by atoms with Crippen LogP contribution in [0.5, 0.6) is 0 Å². The van der Waals surface area contributed by atoms with E-state index in [9.17, 15) is 9.59 Å². The lowest BCUT2D eigenvalue weighted by atomic mass is 10.1. The first-order valence-electron chi connectivity index (χ1n) is 6.98. The fraction of sp³-hybridized carbons (Fsp3) is 0.400. The van der Waals surface area contributed by atoms with Crippen molar-refractivity contribution in [3.05, 3.63) is 30.1 Å². The number of aliphatic carboxylic acids is 1. The molecule has 3 rings (SSSR count). The van der Waals surface area contributed by atoms with Crippen molar-refractivity contribution in [3.63, 3.8) is 0 Å². The van der Waals surface area contributed by atoms with Gasteiger partial charge in [-0.05, 0) is 25.5 Å². The number of hydrogen-bond acceptors (Lipinski definition) is 3. The molecule has 2 aromatic rings. The zero-order valence-electron chi connectivity index (χ0n) is 11.8. The molecule has 0 bridgehead atoms. The van der Waals surface area contributed by atoms with Crippen molar-refractivity contribution in [1.82, 2.24) is 14.5 Å². The van der Waals surface area contributed by atoms with Crippen molar-refractivity contribution in [2.75, 3.05) is 13.1 Å². The molecule has 1 atom stereocenters. The zero-order valence-corrected chi connectivity index (χ0v) is 11.8. The first-order chi connectivity index (χ1) is 10.1. The van der Waals surface area contributed by atoms with Crippen molar-refractivity contribution in [3.8, 4) is 0 Å². The fourth-order valence-corrected chi connectivity index (χ4v) is 2.82. The van der Waals surface area contributed by atoms with Gasteiger partial charge in [-0.1, -0.05) is 12.1 Å². The highest BCUT2D eigenvalue weighted by Crippen LogP contribution is 2.19. The van der Waals surface area contributed by atoms with Crippen LogP contribution in [0.2, 0.25) is 0 Å². The molecule has 110 valence electrons. The number of carboxylic acid groups (broad SMARTS) is 1. The van der Waals surface area contributed by atoms with Crippen LogP contribution >= 0.6 is 0 Å². The summed E-state index contributed by atoms with van der Waals surface area (Å²) in [6, 6.07) is 7.69. The summed E-state index contributed by atoms with van der Waals surface area (Å²) in [4.78, 5) is 29.4. The number of rotatable bonds is 3. The number of aromatic nitrogens is 2. The molecule has 2 heterocycles. The maximum absolute atomic E-state index is 12.4. The Labute approximate surface area is 122 Å². The van der Waals surface area contributed by atoms with Gasteiger partial charge in [0.1, 0.15) is 12.4 Å². The molecule has 1 saturated heterocycles. The van der Waals surface area contributed by atoms with E-state index in [2.05, 4.69) is 4.98 Å². The Balaban J connectivity index is 1.78. The van der Waals surface area contributed by atoms with Gasteiger partial charge in [-0.15, -0.1) is 0 Å². The minimum atomic E-state index is -0.824. The third kappa shape index (κ3) is 2.49. The van der Waals surface area contributed by atoms with Crippen LogP contribution in [0.15, 0.2) is 24.3 Å². The number of carbonyl (C=O) groups excluding carboxylic acids is 1. The second kappa shape index (κ2) is 5.20. The van der Waals surface area contributed by atoms with E-state index in [4.69, 9.17) is 5.11 Å². The van der Waals surface area contributed by atoms with Gasteiger partial charge in [0.05, 0.1) is 17.0 Å². The second-order valence-corrected chi connectivity index (χ2v) is 5.40. The lowest BCUT2D eigenvalue weighted by Crippen LogP contribution is -2.33. The van der Waals surface area contributed by atoms with Crippen LogP contribution in [0.25, 0.3) is 11.0 Å². The number of carboxylic acids is 1. The number of amides is 1. The van der Waals surface area contributed by atoms with E-state index in [0.717, 1.165) is 16.9 Å². The summed E-state index contributed by atoms with van der Waals surface area (Å²) in [6.07, 6.45) is 0.532. The molecule has 0 aliphatic carbocycles. The normalized spacial score (nSPS) is 18.3. The van der Waals surface area contributed by atoms with Gasteiger partial charge >= 0.3 is 5.97 Å². The Morgan fingerprint density at radius 1 is 1.38 bits per heavy atom. The van der Waals surface area contributed by atoms with Crippen LogP contribution < -0.4 is 0 Å². The third-order valence-electron chi connectivity index (χ3n) is 4.03. The van der Waals surface area contributed by atoms with Gasteiger partial charge in [0.15, 0.2) is 0 Å². The molecule has 0 saturated carbocycles. The van der Waals surface area contributed by atoms with Crippen molar-refractivity contribution in [2.45, 2.75) is 19.9 Å². The number of benzene rings is 1. The zero-order chi connectivity index (χ0) is 15.0. The predicted molar refractivity (Wildman–Crippen MR) is 76.8 cm³/mol. The van der Waals surface area contributed by atoms with Crippen LogP contribution in [0.1, 0.15) is 12.2 Å². The SMILES string of the molecule is Cc1nc2ccccc2n1CC(=O)N1CC[C@@H](C(=O)O)C1. The van der Waals surface area contributed by atoms with E-state index in [1.165, 1.54) is 0 Å². The predicted octanol–water partition coefficient (Wildman–Crippen LogP) is 1.28. The molecular formula is C15H17N3O3. The lowest BCUT2D eigenvalue weighted by Gasteiger charge is -2.17. The number of hydrogen-bond donors (Lipinski definition) is 1. The average molecular weight is 287 g/mol. The molecule has 21 heavy (non-hydrogen) atoms. The minimum Gasteiger partial charge on any atom is -0.481 e. The van der Waals surface area contributed by atoms with E-state index < -0.39 is 11.9 Å². The standard InChI is InChI=1S/C15H17N3O3/c1-10-16-12-4-2-3-5-13(12)18(10)9-14(19)17-7-6-11(8-17)15(20)21/h2-5,11H,6-9H2,1H3,(H,20,21)/t11-/m1/s1. The molecule has 1 N–H and O–H groups in total. The molecule has 1 aliphatic rings. The number of carbonyl (C=O) groups is 2. The van der Waals surface area contributed by atoms with Crippen molar-refractivity contribution < 1.29 is 14.7 Å². The molecule has 1 aliphatic heterocycles. The number of aryl methyl sites for hydroxylation is 1. The minimum absolute atomic E-state index is 0.0509. The quantitative estimate of drug-likeness (QED) is 0.922. The molecule has 0 radical (unpaired) electrons. The summed E-state index contributed by atoms with van der Waals surface area (Å²) in [5.74, 6) is -0.521. The van der Waals surface area contributed by atoms with E-state index in [0.29, 0.717) is 19.5 Å². The smallest absolute Gasteiger partial charge is 0.308 e. The molecule has 0 unspecified atom stereocenters. The Kier molecular flexibility index (Phi) is 3.37. The van der Waals surface area contributed by atoms with E-state index >= 15 is 0 Å². The third-order valence-corrected chi connectivity index (χ3v) is 4.03. The Morgan fingerprint density at radius 2 is 2.14 bits per heavy atom. The molecule has 0 spiro atoms.